The predicted octanol–water partition coefficient (Wildman–Crippen LogP) is 2.52. The van der Waals surface area contributed by atoms with Gasteiger partial charge in [0, 0.05) is 19.3 Å². The van der Waals surface area contributed by atoms with Gasteiger partial charge in [-0.05, 0) is 49.8 Å². The number of Topliss-reactive ketones (excluding diaryl/α,β-unsaturated/α-hetero) is 2. The highest BCUT2D eigenvalue weighted by atomic mass is 32.2. The average molecular weight is 458 g/mol. The summed E-state index contributed by atoms with van der Waals surface area (Å²) in [5.41, 5.74) is 0.352. The Labute approximate surface area is 190 Å². The van der Waals surface area contributed by atoms with E-state index in [2.05, 4.69) is 10.6 Å². The molecule has 2 aromatic rings. The van der Waals surface area contributed by atoms with Gasteiger partial charge >= 0.3 is 0 Å². The van der Waals surface area contributed by atoms with E-state index in [9.17, 15) is 19.5 Å². The SMILES string of the molecule is Cc1ccc(C(NC2C(=O)C(=O)C2Nc2cccc(C(=O)N(C)C)c2O)C2CCCS2)o1. The normalized spacial score (nSPS) is 23.7. The number of aromatic hydroxyl groups is 1. The highest BCUT2D eigenvalue weighted by Gasteiger charge is 2.51. The smallest absolute Gasteiger partial charge is 0.257 e. The molecule has 1 saturated heterocycles. The monoisotopic (exact) mass is 457 g/mol. The first kappa shape index (κ1) is 22.4. The summed E-state index contributed by atoms with van der Waals surface area (Å²) in [4.78, 5) is 38.6. The molecule has 4 rings (SSSR count). The Morgan fingerprint density at radius 3 is 2.56 bits per heavy atom. The van der Waals surface area contributed by atoms with Crippen LogP contribution in [-0.2, 0) is 9.59 Å². The largest absolute Gasteiger partial charge is 0.505 e. The molecule has 32 heavy (non-hydrogen) atoms. The Hall–Kier alpha value is -2.78. The van der Waals surface area contributed by atoms with Gasteiger partial charge in [0.15, 0.2) is 5.75 Å². The topological polar surface area (TPSA) is 112 Å². The fraction of sp³-hybridized carbons (Fsp3) is 0.435. The maximum absolute atomic E-state index is 12.5. The summed E-state index contributed by atoms with van der Waals surface area (Å²) in [6.45, 7) is 1.87. The quantitative estimate of drug-likeness (QED) is 0.430. The van der Waals surface area contributed by atoms with Gasteiger partial charge in [-0.15, -0.1) is 0 Å². The summed E-state index contributed by atoms with van der Waals surface area (Å²) >= 11 is 1.83. The molecule has 4 atom stereocenters. The number of ketones is 2. The number of anilines is 1. The van der Waals surface area contributed by atoms with Gasteiger partial charge in [0.2, 0.25) is 11.6 Å². The number of benzene rings is 1. The number of carbonyl (C=O) groups excluding carboxylic acids is 3. The second-order valence-electron chi connectivity index (χ2n) is 8.37. The Kier molecular flexibility index (Phi) is 6.30. The number of furan rings is 1. The molecule has 1 saturated carbocycles. The van der Waals surface area contributed by atoms with Crippen LogP contribution in [0, 0.1) is 6.92 Å². The van der Waals surface area contributed by atoms with Crippen molar-refractivity contribution in [1.29, 1.82) is 0 Å². The molecule has 4 unspecified atom stereocenters. The second-order valence-corrected chi connectivity index (χ2v) is 9.72. The van der Waals surface area contributed by atoms with Crippen LogP contribution in [0.5, 0.6) is 5.75 Å². The number of thioether (sulfide) groups is 1. The number of rotatable bonds is 7. The molecule has 170 valence electrons. The molecule has 8 nitrogen and oxygen atoms in total. The molecule has 0 radical (unpaired) electrons. The van der Waals surface area contributed by atoms with Gasteiger partial charge in [0.1, 0.15) is 23.6 Å². The van der Waals surface area contributed by atoms with E-state index in [1.165, 1.54) is 11.0 Å². The maximum Gasteiger partial charge on any atom is 0.257 e. The van der Waals surface area contributed by atoms with Gasteiger partial charge in [-0.2, -0.15) is 11.8 Å². The van der Waals surface area contributed by atoms with Crippen molar-refractivity contribution >= 4 is 34.9 Å². The Morgan fingerprint density at radius 1 is 1.19 bits per heavy atom. The Balaban J connectivity index is 1.56. The fourth-order valence-electron chi connectivity index (χ4n) is 4.13. The molecular formula is C23H27N3O5S. The highest BCUT2D eigenvalue weighted by molar-refractivity contribution is 8.00. The second kappa shape index (κ2) is 8.99. The lowest BCUT2D eigenvalue weighted by molar-refractivity contribution is -0.145. The van der Waals surface area contributed by atoms with E-state index in [1.54, 1.807) is 26.2 Å². The van der Waals surface area contributed by atoms with Crippen molar-refractivity contribution in [3.63, 3.8) is 0 Å². The molecule has 1 aromatic heterocycles. The van der Waals surface area contributed by atoms with Crippen molar-refractivity contribution in [3.8, 4) is 5.75 Å². The van der Waals surface area contributed by atoms with E-state index in [-0.39, 0.29) is 34.2 Å². The third-order valence-corrected chi connectivity index (χ3v) is 7.35. The maximum atomic E-state index is 12.5. The molecule has 0 spiro atoms. The molecule has 1 aliphatic carbocycles. The van der Waals surface area contributed by atoms with Crippen molar-refractivity contribution in [2.24, 2.45) is 0 Å². The Morgan fingerprint density at radius 2 is 1.94 bits per heavy atom. The van der Waals surface area contributed by atoms with Crippen LogP contribution in [0.3, 0.4) is 0 Å². The summed E-state index contributed by atoms with van der Waals surface area (Å²) in [6.07, 6.45) is 2.08. The number of nitrogens with zero attached hydrogens (tertiary/aromatic N) is 1. The molecule has 9 heteroatoms. The number of hydrogen-bond acceptors (Lipinski definition) is 8. The van der Waals surface area contributed by atoms with Gasteiger partial charge in [-0.3, -0.25) is 19.7 Å². The minimum absolute atomic E-state index is 0.119. The van der Waals surface area contributed by atoms with Crippen LogP contribution in [0.15, 0.2) is 34.7 Å². The molecular weight excluding hydrogens is 430 g/mol. The molecule has 2 aliphatic rings. The number of phenols is 1. The molecule has 2 fully saturated rings. The first-order valence-corrected chi connectivity index (χ1v) is 11.6. The molecule has 1 amide bonds. The Bertz CT molecular complexity index is 1040. The van der Waals surface area contributed by atoms with Crippen molar-refractivity contribution in [3.05, 3.63) is 47.4 Å². The summed E-state index contributed by atoms with van der Waals surface area (Å²) in [5, 5.41) is 17.2. The lowest BCUT2D eigenvalue weighted by atomic mass is 9.81. The van der Waals surface area contributed by atoms with E-state index >= 15 is 0 Å². The van der Waals surface area contributed by atoms with Crippen molar-refractivity contribution in [2.75, 3.05) is 25.2 Å². The number of para-hydroxylation sites is 1. The summed E-state index contributed by atoms with van der Waals surface area (Å²) in [5.74, 6) is 0.910. The fourth-order valence-corrected chi connectivity index (χ4v) is 5.50. The standard InChI is InChI=1S/C23H27N3O5S/c1-12-9-10-15(31-12)17(16-8-5-11-32-16)25-19-18(21(28)22(19)29)24-14-7-4-6-13(20(14)27)23(30)26(2)3/h4,6-7,9-10,16-19,24-25,27H,5,8,11H2,1-3H3. The van der Waals surface area contributed by atoms with Crippen LogP contribution >= 0.6 is 11.8 Å². The average Bonchev–Trinajstić information content (AvgIpc) is 3.45. The number of carbonyl (C=O) groups is 3. The zero-order valence-corrected chi connectivity index (χ0v) is 19.1. The van der Waals surface area contributed by atoms with E-state index in [0.29, 0.717) is 0 Å². The molecule has 0 bridgehead atoms. The van der Waals surface area contributed by atoms with Crippen LogP contribution < -0.4 is 10.6 Å². The van der Waals surface area contributed by atoms with Gasteiger partial charge in [0.25, 0.3) is 5.91 Å². The highest BCUT2D eigenvalue weighted by Crippen LogP contribution is 2.38. The minimum atomic E-state index is -0.844. The number of hydrogen-bond donors (Lipinski definition) is 3. The van der Waals surface area contributed by atoms with Gasteiger partial charge in [0.05, 0.1) is 17.3 Å². The van der Waals surface area contributed by atoms with Gasteiger partial charge in [-0.25, -0.2) is 0 Å². The van der Waals surface area contributed by atoms with Crippen LogP contribution in [0.25, 0.3) is 0 Å². The van der Waals surface area contributed by atoms with Crippen LogP contribution in [0.4, 0.5) is 5.69 Å². The first-order valence-electron chi connectivity index (χ1n) is 10.6. The van der Waals surface area contributed by atoms with Crippen molar-refractivity contribution in [2.45, 2.75) is 43.1 Å². The van der Waals surface area contributed by atoms with Gasteiger partial charge in [-0.1, -0.05) is 6.07 Å². The number of phenolic OH excluding ortho intramolecular Hbond substituents is 1. The summed E-state index contributed by atoms with van der Waals surface area (Å²) in [6, 6.07) is 6.69. The predicted molar refractivity (Wildman–Crippen MR) is 122 cm³/mol. The van der Waals surface area contributed by atoms with E-state index < -0.39 is 23.7 Å². The third kappa shape index (κ3) is 4.14. The van der Waals surface area contributed by atoms with E-state index in [1.807, 2.05) is 30.8 Å². The molecule has 1 aromatic carbocycles. The number of aryl methyl sites for hydroxylation is 1. The number of amides is 1. The zero-order chi connectivity index (χ0) is 23.0. The van der Waals surface area contributed by atoms with Crippen LogP contribution in [0.1, 0.15) is 40.8 Å². The lowest BCUT2D eigenvalue weighted by Crippen LogP contribution is -2.68. The first-order chi connectivity index (χ1) is 15.3. The summed E-state index contributed by atoms with van der Waals surface area (Å²) < 4.78 is 5.85. The number of nitrogens with one attached hydrogen (secondary N) is 2. The van der Waals surface area contributed by atoms with Crippen LogP contribution in [-0.4, -0.2) is 64.7 Å². The molecule has 1 aliphatic heterocycles. The van der Waals surface area contributed by atoms with Crippen LogP contribution in [0.2, 0.25) is 0 Å². The minimum Gasteiger partial charge on any atom is -0.505 e. The lowest BCUT2D eigenvalue weighted by Gasteiger charge is -2.38. The molecule has 3 N–H and O–H groups in total. The zero-order valence-electron chi connectivity index (χ0n) is 18.3. The van der Waals surface area contributed by atoms with E-state index in [0.717, 1.165) is 30.1 Å². The van der Waals surface area contributed by atoms with Gasteiger partial charge < -0.3 is 19.7 Å². The van der Waals surface area contributed by atoms with Crippen molar-refractivity contribution in [1.82, 2.24) is 10.2 Å². The summed E-state index contributed by atoms with van der Waals surface area (Å²) in [7, 11) is 3.18. The molecule has 2 heterocycles. The van der Waals surface area contributed by atoms with Crippen molar-refractivity contribution < 1.29 is 23.9 Å². The van der Waals surface area contributed by atoms with E-state index in [4.69, 9.17) is 4.42 Å². The third-order valence-electron chi connectivity index (χ3n) is 5.89.